The first-order valence-corrected chi connectivity index (χ1v) is 9.33. The zero-order valence-corrected chi connectivity index (χ0v) is 12.7. The first kappa shape index (κ1) is 14.5. The number of rotatable bonds is 1. The van der Waals surface area contributed by atoms with Gasteiger partial charge in [-0.1, -0.05) is 0 Å². The number of aliphatic hydroxyl groups excluding tert-OH is 1. The van der Waals surface area contributed by atoms with E-state index in [1.165, 1.54) is 12.3 Å². The molecule has 6 unspecified atom stereocenters. The summed E-state index contributed by atoms with van der Waals surface area (Å²) in [7, 11) is -5.45. The number of phosphoric acid groups is 1. The van der Waals surface area contributed by atoms with Gasteiger partial charge in [-0.2, -0.15) is 0 Å². The van der Waals surface area contributed by atoms with Crippen molar-refractivity contribution in [3.63, 3.8) is 0 Å². The van der Waals surface area contributed by atoms with Gasteiger partial charge in [0.05, 0.1) is 18.9 Å². The van der Waals surface area contributed by atoms with Gasteiger partial charge in [-0.15, -0.1) is 0 Å². The molecule has 12 heteroatoms. The van der Waals surface area contributed by atoms with Crippen LogP contribution in [-0.4, -0.2) is 49.9 Å². The molecule has 0 saturated carbocycles. The molecule has 0 amide bonds. The van der Waals surface area contributed by atoms with Crippen molar-refractivity contribution in [2.45, 2.75) is 24.2 Å². The van der Waals surface area contributed by atoms with Crippen LogP contribution in [0.1, 0.15) is 5.85 Å². The van der Waals surface area contributed by atoms with Gasteiger partial charge in [0.15, 0.2) is 5.52 Å². The molecule has 118 valence electrons. The minimum atomic E-state index is -4.16. The van der Waals surface area contributed by atoms with Crippen molar-refractivity contribution < 1.29 is 28.3 Å². The predicted octanol–water partition coefficient (Wildman–Crippen LogP) is 0.0788. The van der Waals surface area contributed by atoms with E-state index >= 15 is 0 Å². The van der Waals surface area contributed by atoms with E-state index in [2.05, 4.69) is 19.5 Å². The number of aliphatic hydroxyl groups is 1. The molecule has 2 aliphatic rings. The number of hydrogen-bond acceptors (Lipinski definition) is 8. The lowest BCUT2D eigenvalue weighted by Crippen LogP contribution is -2.38. The van der Waals surface area contributed by atoms with Crippen molar-refractivity contribution >= 4 is 26.1 Å². The molecule has 3 N–H and O–H groups in total. The maximum Gasteiger partial charge on any atom is 0.472 e. The molecular weight excluding hydrogens is 336 g/mol. The molecule has 0 aliphatic carbocycles. The summed E-state index contributed by atoms with van der Waals surface area (Å²) in [6.45, 7) is -0.151. The Labute approximate surface area is 123 Å². The van der Waals surface area contributed by atoms with Crippen molar-refractivity contribution in [3.8, 4) is 0 Å². The second-order valence-corrected chi connectivity index (χ2v) is 8.33. The molecule has 6 atom stereocenters. The van der Waals surface area contributed by atoms with Gasteiger partial charge >= 0.3 is 7.82 Å². The molecule has 2 aromatic rings. The summed E-state index contributed by atoms with van der Waals surface area (Å²) in [5.41, 5.74) is -0.167. The highest BCUT2D eigenvalue weighted by atomic mass is 31.2. The molecule has 4 rings (SSSR count). The fraction of sp³-hybridized carbons (Fsp3) is 0.500. The van der Waals surface area contributed by atoms with Crippen molar-refractivity contribution in [2.75, 3.05) is 6.61 Å². The molecular formula is C10H11N3O7P2. The topological polar surface area (TPSA) is 144 Å². The van der Waals surface area contributed by atoms with E-state index in [9.17, 15) is 19.4 Å². The van der Waals surface area contributed by atoms with Gasteiger partial charge in [0.25, 0.3) is 5.56 Å². The van der Waals surface area contributed by atoms with Crippen molar-refractivity contribution in [1.29, 1.82) is 0 Å². The number of nitrogens with zero attached hydrogens (tertiary/aromatic N) is 2. The van der Waals surface area contributed by atoms with Crippen LogP contribution in [0.4, 0.5) is 0 Å². The van der Waals surface area contributed by atoms with E-state index in [4.69, 9.17) is 9.26 Å². The highest BCUT2D eigenvalue weighted by Crippen LogP contribution is 2.57. The number of aromatic nitrogens is 3. The molecule has 2 saturated heterocycles. The number of ether oxygens (including phenoxy) is 1. The lowest BCUT2D eigenvalue weighted by molar-refractivity contribution is -0.0508. The van der Waals surface area contributed by atoms with E-state index < -0.39 is 39.5 Å². The Balaban J connectivity index is 1.73. The Kier molecular flexibility index (Phi) is 3.25. The molecule has 0 bridgehead atoms. The average molecular weight is 347 g/mol. The van der Waals surface area contributed by atoms with Crippen molar-refractivity contribution in [3.05, 3.63) is 22.6 Å². The van der Waals surface area contributed by atoms with E-state index in [0.717, 1.165) is 0 Å². The molecule has 2 fully saturated rings. The molecule has 0 spiro atoms. The maximum atomic E-state index is 11.7. The monoisotopic (exact) mass is 347 g/mol. The lowest BCUT2D eigenvalue weighted by Gasteiger charge is -2.28. The molecule has 2 aromatic heterocycles. The van der Waals surface area contributed by atoms with Gasteiger partial charge in [0.1, 0.15) is 29.4 Å². The average Bonchev–Trinajstić information content (AvgIpc) is 3.01. The highest BCUT2D eigenvalue weighted by Gasteiger charge is 2.52. The number of aromatic amines is 1. The third-order valence-electron chi connectivity index (χ3n) is 3.61. The summed E-state index contributed by atoms with van der Waals surface area (Å²) in [6, 6.07) is 0. The van der Waals surface area contributed by atoms with Crippen LogP contribution in [0, 0.1) is 0 Å². The van der Waals surface area contributed by atoms with E-state index in [-0.39, 0.29) is 17.7 Å². The number of nitrogens with one attached hydrogen (secondary N) is 1. The molecule has 0 radical (unpaired) electrons. The quantitative estimate of drug-likeness (QED) is 0.611. The summed E-state index contributed by atoms with van der Waals surface area (Å²) >= 11 is 0. The van der Waals surface area contributed by atoms with Gasteiger partial charge in [-0.25, -0.2) is 14.5 Å². The Morgan fingerprint density at radius 2 is 2.27 bits per heavy atom. The fourth-order valence-corrected chi connectivity index (χ4v) is 5.68. The Hall–Kier alpha value is -1.12. The van der Waals surface area contributed by atoms with Crippen LogP contribution in [0.5, 0.6) is 0 Å². The summed E-state index contributed by atoms with van der Waals surface area (Å²) in [5, 5.41) is 10.8. The molecule has 10 nitrogen and oxygen atoms in total. The predicted molar refractivity (Wildman–Crippen MR) is 73.4 cm³/mol. The van der Waals surface area contributed by atoms with Gasteiger partial charge in [-0.3, -0.25) is 13.8 Å². The Bertz CT molecular complexity index is 835. The SMILES string of the molecule is O=c1[nH]cnc2c1ncp2C1OC2COP(=O)(O)OC2C1O. The van der Waals surface area contributed by atoms with Crippen LogP contribution < -0.4 is 5.56 Å². The summed E-state index contributed by atoms with van der Waals surface area (Å²) < 4.78 is 26.7. The smallest absolute Gasteiger partial charge is 0.387 e. The number of hydrogen-bond donors (Lipinski definition) is 3. The summed E-state index contributed by atoms with van der Waals surface area (Å²) in [5.74, 6) is 0.804. The zero-order chi connectivity index (χ0) is 15.5. The minimum absolute atomic E-state index is 0.151. The molecule has 2 aliphatic heterocycles. The van der Waals surface area contributed by atoms with Gasteiger partial charge in [-0.05, 0) is 7.53 Å². The zero-order valence-electron chi connectivity index (χ0n) is 10.9. The van der Waals surface area contributed by atoms with Gasteiger partial charge < -0.3 is 19.7 Å². The van der Waals surface area contributed by atoms with Crippen LogP contribution in [0.25, 0.3) is 10.8 Å². The molecule has 22 heavy (non-hydrogen) atoms. The highest BCUT2D eigenvalue weighted by molar-refractivity contribution is 7.54. The number of phosphoric ester groups is 1. The minimum Gasteiger partial charge on any atom is -0.387 e. The van der Waals surface area contributed by atoms with Crippen LogP contribution in [-0.2, 0) is 18.3 Å². The number of fused-ring (bicyclic) bond motifs is 2. The first-order valence-electron chi connectivity index (χ1n) is 6.36. The first-order chi connectivity index (χ1) is 10.5. The molecule has 4 heterocycles. The molecule has 0 aromatic carbocycles. The summed E-state index contributed by atoms with van der Waals surface area (Å²) in [4.78, 5) is 31.6. The third kappa shape index (κ3) is 2.16. The Morgan fingerprint density at radius 1 is 1.45 bits per heavy atom. The maximum absolute atomic E-state index is 11.7. The normalized spacial score (nSPS) is 39.1. The summed E-state index contributed by atoms with van der Waals surface area (Å²) in [6.07, 6.45) is -1.49. The van der Waals surface area contributed by atoms with Gasteiger partial charge in [0.2, 0.25) is 0 Å². The lowest BCUT2D eigenvalue weighted by atomic mass is 10.2. The Morgan fingerprint density at radius 3 is 3.09 bits per heavy atom. The number of H-pyrrole nitrogens is 1. The van der Waals surface area contributed by atoms with Crippen LogP contribution in [0.2, 0.25) is 0 Å². The second-order valence-electron chi connectivity index (χ2n) is 4.95. The van der Waals surface area contributed by atoms with E-state index in [1.54, 1.807) is 0 Å². The van der Waals surface area contributed by atoms with Crippen LogP contribution in [0.15, 0.2) is 17.1 Å². The van der Waals surface area contributed by atoms with Crippen molar-refractivity contribution in [1.82, 2.24) is 15.0 Å². The van der Waals surface area contributed by atoms with Gasteiger partial charge in [0, 0.05) is 0 Å². The third-order valence-corrected chi connectivity index (χ3v) is 6.75. The van der Waals surface area contributed by atoms with Crippen LogP contribution in [0.3, 0.4) is 0 Å². The largest absolute Gasteiger partial charge is 0.472 e. The standard InChI is InChI=1S/C10H11N3O7P2/c14-6-7-4(1-18-22(16,17)20-7)19-10(6)21-3-13-5-8(15)11-2-12-9(5)21/h2-4,6-7,10,14H,1H2,(H,16,17)(H,11,12,15). The van der Waals surface area contributed by atoms with E-state index in [0.29, 0.717) is 5.25 Å². The fourth-order valence-electron chi connectivity index (χ4n) is 2.61. The van der Waals surface area contributed by atoms with Crippen molar-refractivity contribution in [2.24, 2.45) is 0 Å². The second kappa shape index (κ2) is 4.94. The van der Waals surface area contributed by atoms with Crippen LogP contribution >= 0.6 is 15.4 Å². The van der Waals surface area contributed by atoms with E-state index in [1.807, 2.05) is 0 Å².